The van der Waals surface area contributed by atoms with Crippen molar-refractivity contribution in [2.75, 3.05) is 0 Å². The maximum Gasteiger partial charge on any atom is 0.267 e. The minimum Gasteiger partial charge on any atom is -0.355 e. The highest BCUT2D eigenvalue weighted by Crippen LogP contribution is 2.32. The van der Waals surface area contributed by atoms with Crippen molar-refractivity contribution in [2.24, 2.45) is 0 Å². The van der Waals surface area contributed by atoms with Gasteiger partial charge in [0.1, 0.15) is 0 Å². The lowest BCUT2D eigenvalue weighted by atomic mass is 9.38. The molecule has 0 bridgehead atoms. The van der Waals surface area contributed by atoms with E-state index >= 15 is 0 Å². The van der Waals surface area contributed by atoms with Crippen molar-refractivity contribution < 1.29 is 0 Å². The number of pyridine rings is 1. The summed E-state index contributed by atoms with van der Waals surface area (Å²) in [6.07, 6.45) is 0. The maximum absolute atomic E-state index is 5.41. The van der Waals surface area contributed by atoms with Crippen LogP contribution < -0.4 is 16.5 Å². The van der Waals surface area contributed by atoms with Gasteiger partial charge in [0, 0.05) is 33.0 Å². The normalized spacial score (nSPS) is 11.2. The topological polar surface area (TPSA) is 28.7 Å². The van der Waals surface area contributed by atoms with Gasteiger partial charge in [-0.1, -0.05) is 139 Å². The second-order valence-corrected chi connectivity index (χ2v) is 11.3. The van der Waals surface area contributed by atoms with Crippen molar-refractivity contribution >= 4 is 45.0 Å². The van der Waals surface area contributed by atoms with E-state index in [0.29, 0.717) is 0 Å². The first-order valence-corrected chi connectivity index (χ1v) is 15.1. The Kier molecular flexibility index (Phi) is 6.62. The summed E-state index contributed by atoms with van der Waals surface area (Å²) in [6, 6.07) is 60.4. The third-order valence-corrected chi connectivity index (χ3v) is 8.53. The van der Waals surface area contributed by atoms with Gasteiger partial charge in [0.2, 0.25) is 0 Å². The Hall–Kier alpha value is -5.67. The van der Waals surface area contributed by atoms with Crippen LogP contribution in [0, 0.1) is 0 Å². The SMILES string of the molecule is c1ccc(B(c2cccc(-c3cc(-c4ccccc4)cc(-c4ccccc4)c3)n2)c2cccc3c2[nH]c2ccccc23)cc1. The molecule has 0 saturated carbocycles. The fourth-order valence-corrected chi connectivity index (χ4v) is 6.43. The molecule has 0 saturated heterocycles. The van der Waals surface area contributed by atoms with E-state index in [2.05, 4.69) is 175 Å². The van der Waals surface area contributed by atoms with Crippen molar-refractivity contribution in [1.82, 2.24) is 9.97 Å². The lowest BCUT2D eigenvalue weighted by molar-refractivity contribution is 1.37. The van der Waals surface area contributed by atoms with E-state index in [1.54, 1.807) is 0 Å². The van der Waals surface area contributed by atoms with Crippen LogP contribution >= 0.6 is 0 Å². The van der Waals surface area contributed by atoms with Crippen LogP contribution in [0.25, 0.3) is 55.3 Å². The highest BCUT2D eigenvalue weighted by atomic mass is 14.7. The standard InChI is InChI=1S/C41H29BN2/c1-4-14-29(15-5-1)31-26-32(30-16-6-2-7-17-30)28-33(27-31)38-24-13-25-40(43-38)42(34-18-8-3-9-19-34)37-22-12-21-36-35-20-10-11-23-39(35)44-41(36)37/h1-28,44H. The van der Waals surface area contributed by atoms with Crippen molar-refractivity contribution in [3.8, 4) is 33.5 Å². The molecule has 0 aliphatic rings. The molecule has 0 aliphatic carbocycles. The fraction of sp³-hybridized carbons (Fsp3) is 0. The molecule has 8 aromatic rings. The van der Waals surface area contributed by atoms with Gasteiger partial charge in [-0.15, -0.1) is 0 Å². The number of H-pyrrole nitrogens is 1. The molecule has 6 aromatic carbocycles. The molecular formula is C41H29BN2. The highest BCUT2D eigenvalue weighted by molar-refractivity contribution is 6.96. The summed E-state index contributed by atoms with van der Waals surface area (Å²) >= 11 is 0. The van der Waals surface area contributed by atoms with E-state index in [-0.39, 0.29) is 6.71 Å². The first-order chi connectivity index (χ1) is 21.8. The van der Waals surface area contributed by atoms with Gasteiger partial charge >= 0.3 is 0 Å². The molecule has 0 aliphatic heterocycles. The zero-order valence-corrected chi connectivity index (χ0v) is 24.2. The van der Waals surface area contributed by atoms with Crippen LogP contribution in [0.15, 0.2) is 170 Å². The predicted molar refractivity (Wildman–Crippen MR) is 187 cm³/mol. The first-order valence-electron chi connectivity index (χ1n) is 15.1. The Balaban J connectivity index is 1.32. The van der Waals surface area contributed by atoms with Crippen molar-refractivity contribution in [3.05, 3.63) is 170 Å². The second-order valence-electron chi connectivity index (χ2n) is 11.3. The number of nitrogens with one attached hydrogen (secondary N) is 1. The number of fused-ring (bicyclic) bond motifs is 3. The van der Waals surface area contributed by atoms with E-state index < -0.39 is 0 Å². The number of nitrogens with zero attached hydrogens (tertiary/aromatic N) is 1. The van der Waals surface area contributed by atoms with Gasteiger partial charge in [0.25, 0.3) is 6.71 Å². The van der Waals surface area contributed by atoms with Crippen LogP contribution in [0.2, 0.25) is 0 Å². The number of aromatic amines is 1. The van der Waals surface area contributed by atoms with Crippen LogP contribution in [0.4, 0.5) is 0 Å². The van der Waals surface area contributed by atoms with E-state index in [4.69, 9.17) is 4.98 Å². The van der Waals surface area contributed by atoms with Crippen molar-refractivity contribution in [2.45, 2.75) is 0 Å². The predicted octanol–water partition coefficient (Wildman–Crippen LogP) is 8.23. The smallest absolute Gasteiger partial charge is 0.267 e. The molecule has 8 rings (SSSR count). The molecule has 0 spiro atoms. The zero-order valence-electron chi connectivity index (χ0n) is 24.2. The summed E-state index contributed by atoms with van der Waals surface area (Å²) in [6.45, 7) is -0.0428. The number of aromatic nitrogens is 2. The molecule has 0 radical (unpaired) electrons. The average Bonchev–Trinajstić information content (AvgIpc) is 3.49. The van der Waals surface area contributed by atoms with Gasteiger partial charge in [0.15, 0.2) is 0 Å². The molecule has 206 valence electrons. The van der Waals surface area contributed by atoms with Crippen LogP contribution in [-0.2, 0) is 0 Å². The van der Waals surface area contributed by atoms with E-state index in [1.807, 2.05) is 0 Å². The molecule has 3 heteroatoms. The summed E-state index contributed by atoms with van der Waals surface area (Å²) in [7, 11) is 0. The molecule has 2 heterocycles. The third-order valence-electron chi connectivity index (χ3n) is 8.53. The molecule has 2 nitrogen and oxygen atoms in total. The summed E-state index contributed by atoms with van der Waals surface area (Å²) in [4.78, 5) is 9.15. The largest absolute Gasteiger partial charge is 0.355 e. The van der Waals surface area contributed by atoms with Gasteiger partial charge in [0.05, 0.1) is 5.69 Å². The van der Waals surface area contributed by atoms with Crippen LogP contribution in [0.3, 0.4) is 0 Å². The van der Waals surface area contributed by atoms with Crippen LogP contribution in [-0.4, -0.2) is 16.7 Å². The first kappa shape index (κ1) is 26.0. The lowest BCUT2D eigenvalue weighted by Crippen LogP contribution is -2.53. The number of hydrogen-bond acceptors (Lipinski definition) is 1. The molecule has 1 N–H and O–H groups in total. The van der Waals surface area contributed by atoms with Gasteiger partial charge in [-0.05, 0) is 64.1 Å². The highest BCUT2D eigenvalue weighted by Gasteiger charge is 2.26. The van der Waals surface area contributed by atoms with E-state index in [1.165, 1.54) is 44.0 Å². The quantitative estimate of drug-likeness (QED) is 0.204. The summed E-state index contributed by atoms with van der Waals surface area (Å²) in [5.74, 6) is 0. The van der Waals surface area contributed by atoms with Gasteiger partial charge in [-0.3, -0.25) is 4.98 Å². The molecule has 2 aromatic heterocycles. The van der Waals surface area contributed by atoms with Gasteiger partial charge < -0.3 is 4.98 Å². The molecule has 44 heavy (non-hydrogen) atoms. The number of hydrogen-bond donors (Lipinski definition) is 1. The van der Waals surface area contributed by atoms with E-state index in [0.717, 1.165) is 27.9 Å². The summed E-state index contributed by atoms with van der Waals surface area (Å²) < 4.78 is 0. The minimum absolute atomic E-state index is 0.0428. The Labute approximate surface area is 257 Å². The Bertz CT molecular complexity index is 2160. The fourth-order valence-electron chi connectivity index (χ4n) is 6.43. The van der Waals surface area contributed by atoms with Crippen LogP contribution in [0.1, 0.15) is 0 Å². The Morgan fingerprint density at radius 3 is 1.70 bits per heavy atom. The van der Waals surface area contributed by atoms with Crippen LogP contribution in [0.5, 0.6) is 0 Å². The molecule has 0 fully saturated rings. The maximum atomic E-state index is 5.41. The monoisotopic (exact) mass is 560 g/mol. The Morgan fingerprint density at radius 1 is 0.432 bits per heavy atom. The number of rotatable bonds is 6. The van der Waals surface area contributed by atoms with E-state index in [9.17, 15) is 0 Å². The molecule has 0 amide bonds. The summed E-state index contributed by atoms with van der Waals surface area (Å²) in [5.41, 5.74) is 12.6. The minimum atomic E-state index is -0.0428. The Morgan fingerprint density at radius 2 is 1.00 bits per heavy atom. The lowest BCUT2D eigenvalue weighted by Gasteiger charge is -2.17. The molecule has 0 atom stereocenters. The van der Waals surface area contributed by atoms with Crippen molar-refractivity contribution in [1.29, 1.82) is 0 Å². The third kappa shape index (κ3) is 4.79. The molecular weight excluding hydrogens is 531 g/mol. The van der Waals surface area contributed by atoms with Crippen molar-refractivity contribution in [3.63, 3.8) is 0 Å². The number of benzene rings is 6. The van der Waals surface area contributed by atoms with Gasteiger partial charge in [-0.25, -0.2) is 0 Å². The zero-order chi connectivity index (χ0) is 29.3. The average molecular weight is 561 g/mol. The molecule has 0 unspecified atom stereocenters. The second kappa shape index (κ2) is 11.2. The summed E-state index contributed by atoms with van der Waals surface area (Å²) in [5, 5.41) is 2.47. The number of para-hydroxylation sites is 2. The van der Waals surface area contributed by atoms with Gasteiger partial charge in [-0.2, -0.15) is 0 Å².